The zero-order chi connectivity index (χ0) is 56.4. The standard InChI is InChI=1S/C72H137NO5/c1-3-5-7-9-11-13-15-17-18-19-20-32-35-38-41-44-48-52-56-60-64-70(75)69(68-74)73-71(76)65-61-57-53-49-45-42-39-36-33-30-28-26-24-22-21-23-25-27-29-31-34-37-40-43-47-51-55-59-63-67-78-72(77)66-62-58-54-50-46-16-14-12-10-8-6-4-2/h21,23,27,29,60,64,69-70,74-75H,3-20,22,24-26,28,30-59,61-63,65-68H2,1-2H3,(H,73,76)/b23-21-,29-27-,64-60+. The van der Waals surface area contributed by atoms with Crippen molar-refractivity contribution >= 4 is 11.9 Å². The maximum atomic E-state index is 12.5. The first kappa shape index (κ1) is 76.1. The van der Waals surface area contributed by atoms with Crippen LogP contribution < -0.4 is 5.32 Å². The van der Waals surface area contributed by atoms with Gasteiger partial charge in [-0.15, -0.1) is 0 Å². The lowest BCUT2D eigenvalue weighted by Gasteiger charge is -2.20. The Labute approximate surface area is 487 Å². The van der Waals surface area contributed by atoms with E-state index in [-0.39, 0.29) is 18.5 Å². The van der Waals surface area contributed by atoms with E-state index in [1.807, 2.05) is 6.08 Å². The van der Waals surface area contributed by atoms with Crippen LogP contribution in [0.2, 0.25) is 0 Å². The molecule has 0 bridgehead atoms. The summed E-state index contributed by atoms with van der Waals surface area (Å²) in [6.07, 6.45) is 86.5. The van der Waals surface area contributed by atoms with Crippen LogP contribution in [0.4, 0.5) is 0 Å². The smallest absolute Gasteiger partial charge is 0.305 e. The van der Waals surface area contributed by atoms with Gasteiger partial charge in [0.15, 0.2) is 0 Å². The number of allylic oxidation sites excluding steroid dienone is 5. The fourth-order valence-corrected chi connectivity index (χ4v) is 11.0. The molecule has 0 heterocycles. The van der Waals surface area contributed by atoms with Crippen LogP contribution in [-0.4, -0.2) is 47.4 Å². The van der Waals surface area contributed by atoms with Gasteiger partial charge in [0.25, 0.3) is 0 Å². The first-order valence-corrected chi connectivity index (χ1v) is 35.3. The molecular weight excluding hydrogens is 959 g/mol. The number of unbranched alkanes of at least 4 members (excludes halogenated alkanes) is 51. The van der Waals surface area contributed by atoms with E-state index in [9.17, 15) is 19.8 Å². The Bertz CT molecular complexity index is 1260. The molecule has 0 aromatic rings. The van der Waals surface area contributed by atoms with Crippen LogP contribution in [-0.2, 0) is 14.3 Å². The average molecular weight is 1100 g/mol. The van der Waals surface area contributed by atoms with Gasteiger partial charge in [0.2, 0.25) is 5.91 Å². The number of esters is 1. The Balaban J connectivity index is 3.43. The Hall–Kier alpha value is -1.92. The highest BCUT2D eigenvalue weighted by Gasteiger charge is 2.18. The van der Waals surface area contributed by atoms with Gasteiger partial charge in [-0.2, -0.15) is 0 Å². The average Bonchev–Trinajstić information content (AvgIpc) is 3.44. The van der Waals surface area contributed by atoms with E-state index >= 15 is 0 Å². The summed E-state index contributed by atoms with van der Waals surface area (Å²) in [5, 5.41) is 23.2. The second kappa shape index (κ2) is 67.6. The molecule has 6 heteroatoms. The number of aliphatic hydroxyl groups is 2. The monoisotopic (exact) mass is 1100 g/mol. The summed E-state index contributed by atoms with van der Waals surface area (Å²) in [6.45, 7) is 4.93. The van der Waals surface area contributed by atoms with Gasteiger partial charge in [0.05, 0.1) is 25.4 Å². The number of carbonyl (C=O) groups is 2. The summed E-state index contributed by atoms with van der Waals surface area (Å²) in [7, 11) is 0. The molecule has 0 rings (SSSR count). The SMILES string of the molecule is CCCCCCCCCCCCCCCCCCCC/C=C/C(O)C(CO)NC(=O)CCCCCCCCCCCCCCC/C=C\C/C=C\CCCCCCCCCCCOC(=O)CCCCCCCCCCCCCC. The number of hydrogen-bond acceptors (Lipinski definition) is 5. The number of carbonyl (C=O) groups excluding carboxylic acids is 2. The largest absolute Gasteiger partial charge is 0.466 e. The lowest BCUT2D eigenvalue weighted by molar-refractivity contribution is -0.143. The molecule has 0 aliphatic rings. The molecule has 0 saturated heterocycles. The molecule has 460 valence electrons. The van der Waals surface area contributed by atoms with Crippen molar-refractivity contribution < 1.29 is 24.5 Å². The fraction of sp³-hybridized carbons (Fsp3) is 0.889. The minimum Gasteiger partial charge on any atom is -0.466 e. The van der Waals surface area contributed by atoms with Gasteiger partial charge in [-0.25, -0.2) is 0 Å². The summed E-state index contributed by atoms with van der Waals surface area (Å²) in [4.78, 5) is 24.5. The van der Waals surface area contributed by atoms with Crippen molar-refractivity contribution in [1.82, 2.24) is 5.32 Å². The van der Waals surface area contributed by atoms with Gasteiger partial charge in [-0.3, -0.25) is 9.59 Å². The molecule has 0 aromatic heterocycles. The lowest BCUT2D eigenvalue weighted by Crippen LogP contribution is -2.45. The Kier molecular flexibility index (Phi) is 65.9. The molecule has 0 spiro atoms. The van der Waals surface area contributed by atoms with Crippen LogP contribution in [0.3, 0.4) is 0 Å². The van der Waals surface area contributed by atoms with Gasteiger partial charge in [0, 0.05) is 12.8 Å². The number of hydrogen-bond donors (Lipinski definition) is 3. The van der Waals surface area contributed by atoms with E-state index < -0.39 is 12.1 Å². The van der Waals surface area contributed by atoms with Gasteiger partial charge in [-0.1, -0.05) is 346 Å². The van der Waals surface area contributed by atoms with Gasteiger partial charge in [-0.05, 0) is 64.2 Å². The van der Waals surface area contributed by atoms with Crippen LogP contribution >= 0.6 is 0 Å². The molecule has 0 saturated carbocycles. The Morgan fingerprint density at radius 1 is 0.359 bits per heavy atom. The van der Waals surface area contributed by atoms with Crippen molar-refractivity contribution in [2.45, 2.75) is 398 Å². The van der Waals surface area contributed by atoms with Crippen LogP contribution in [0.25, 0.3) is 0 Å². The summed E-state index contributed by atoms with van der Waals surface area (Å²) in [6, 6.07) is -0.630. The molecular formula is C72H137NO5. The fourth-order valence-electron chi connectivity index (χ4n) is 11.0. The maximum absolute atomic E-state index is 12.5. The third-order valence-electron chi connectivity index (χ3n) is 16.4. The second-order valence-electron chi connectivity index (χ2n) is 24.2. The van der Waals surface area contributed by atoms with Gasteiger partial charge < -0.3 is 20.3 Å². The predicted molar refractivity (Wildman–Crippen MR) is 343 cm³/mol. The Morgan fingerprint density at radius 2 is 0.641 bits per heavy atom. The number of ether oxygens (including phenoxy) is 1. The molecule has 1 amide bonds. The number of aliphatic hydroxyl groups excluding tert-OH is 2. The van der Waals surface area contributed by atoms with E-state index in [4.69, 9.17) is 4.74 Å². The number of amides is 1. The van der Waals surface area contributed by atoms with E-state index in [0.29, 0.717) is 19.4 Å². The maximum Gasteiger partial charge on any atom is 0.305 e. The van der Waals surface area contributed by atoms with Crippen molar-refractivity contribution in [2.75, 3.05) is 13.2 Å². The number of nitrogens with one attached hydrogen (secondary N) is 1. The summed E-state index contributed by atoms with van der Waals surface area (Å²) >= 11 is 0. The van der Waals surface area contributed by atoms with Crippen LogP contribution in [0, 0.1) is 0 Å². The zero-order valence-corrected chi connectivity index (χ0v) is 52.7. The molecule has 0 aliphatic carbocycles. The van der Waals surface area contributed by atoms with Crippen LogP contribution in [0.1, 0.15) is 386 Å². The molecule has 78 heavy (non-hydrogen) atoms. The normalized spacial score (nSPS) is 12.7. The van der Waals surface area contributed by atoms with E-state index in [1.54, 1.807) is 6.08 Å². The predicted octanol–water partition coefficient (Wildman–Crippen LogP) is 22.7. The molecule has 6 nitrogen and oxygen atoms in total. The third-order valence-corrected chi connectivity index (χ3v) is 16.4. The highest BCUT2D eigenvalue weighted by Crippen LogP contribution is 2.18. The van der Waals surface area contributed by atoms with Crippen molar-refractivity contribution in [2.24, 2.45) is 0 Å². The molecule has 0 aromatic carbocycles. The third kappa shape index (κ3) is 63.3. The minimum atomic E-state index is -0.846. The van der Waals surface area contributed by atoms with Crippen LogP contribution in [0.15, 0.2) is 36.5 Å². The van der Waals surface area contributed by atoms with Crippen molar-refractivity contribution in [1.29, 1.82) is 0 Å². The van der Waals surface area contributed by atoms with Crippen molar-refractivity contribution in [3.8, 4) is 0 Å². The zero-order valence-electron chi connectivity index (χ0n) is 52.7. The summed E-state index contributed by atoms with van der Waals surface area (Å²) < 4.78 is 5.48. The Morgan fingerprint density at radius 3 is 0.974 bits per heavy atom. The molecule has 2 unspecified atom stereocenters. The molecule has 0 aliphatic heterocycles. The highest BCUT2D eigenvalue weighted by molar-refractivity contribution is 5.76. The second-order valence-corrected chi connectivity index (χ2v) is 24.2. The van der Waals surface area contributed by atoms with E-state index in [0.717, 1.165) is 44.9 Å². The quantitative estimate of drug-likeness (QED) is 0.0320. The van der Waals surface area contributed by atoms with Crippen LogP contribution in [0.5, 0.6) is 0 Å². The van der Waals surface area contributed by atoms with Crippen molar-refractivity contribution in [3.05, 3.63) is 36.5 Å². The number of rotatable bonds is 66. The lowest BCUT2D eigenvalue weighted by atomic mass is 10.0. The molecule has 0 fully saturated rings. The first-order chi connectivity index (χ1) is 38.5. The molecule has 2 atom stereocenters. The summed E-state index contributed by atoms with van der Waals surface area (Å²) in [5.74, 6) is -0.0528. The first-order valence-electron chi connectivity index (χ1n) is 35.3. The van der Waals surface area contributed by atoms with Gasteiger partial charge >= 0.3 is 5.97 Å². The van der Waals surface area contributed by atoms with Gasteiger partial charge in [0.1, 0.15) is 0 Å². The molecule has 3 N–H and O–H groups in total. The van der Waals surface area contributed by atoms with Crippen molar-refractivity contribution in [3.63, 3.8) is 0 Å². The highest BCUT2D eigenvalue weighted by atomic mass is 16.5. The molecule has 0 radical (unpaired) electrons. The van der Waals surface area contributed by atoms with E-state index in [2.05, 4.69) is 43.5 Å². The summed E-state index contributed by atoms with van der Waals surface area (Å²) in [5.41, 5.74) is 0. The minimum absolute atomic E-state index is 0.0127. The van der Waals surface area contributed by atoms with E-state index in [1.165, 1.54) is 315 Å². The topological polar surface area (TPSA) is 95.9 Å².